The lowest BCUT2D eigenvalue weighted by Crippen LogP contribution is -2.36. The fraction of sp³-hybridized carbons (Fsp3) is 0.393. The topological polar surface area (TPSA) is 117 Å². The second-order valence-corrected chi connectivity index (χ2v) is 11.0. The average molecular weight is 533 g/mol. The molecule has 0 aliphatic heterocycles. The average Bonchev–Trinajstić information content (AvgIpc) is 3.59. The molecule has 204 valence electrons. The fourth-order valence-electron chi connectivity index (χ4n) is 4.43. The van der Waals surface area contributed by atoms with E-state index in [1.54, 1.807) is 22.9 Å². The monoisotopic (exact) mass is 532 g/mol. The highest BCUT2D eigenvalue weighted by atomic mass is 19.1. The second-order valence-electron chi connectivity index (χ2n) is 11.0. The van der Waals surface area contributed by atoms with Crippen LogP contribution >= 0.6 is 0 Å². The lowest BCUT2D eigenvalue weighted by Gasteiger charge is -2.27. The number of hydrogen-bond acceptors (Lipinski definition) is 7. The molecule has 0 bridgehead atoms. The molecular weight excluding hydrogens is 499 g/mol. The molecule has 5 rings (SSSR count). The van der Waals surface area contributed by atoms with Gasteiger partial charge in [0, 0.05) is 23.7 Å². The van der Waals surface area contributed by atoms with Crippen molar-refractivity contribution in [2.24, 2.45) is 5.92 Å². The lowest BCUT2D eigenvalue weighted by atomic mass is 10.1. The summed E-state index contributed by atoms with van der Waals surface area (Å²) in [5.41, 5.74) is 9.52. The molecule has 1 aliphatic carbocycles. The number of carbonyl (C=O) groups is 1. The summed E-state index contributed by atoms with van der Waals surface area (Å²) >= 11 is 0. The second kappa shape index (κ2) is 9.79. The van der Waals surface area contributed by atoms with Crippen molar-refractivity contribution in [3.63, 3.8) is 0 Å². The van der Waals surface area contributed by atoms with Crippen LogP contribution in [0, 0.1) is 32.5 Å². The van der Waals surface area contributed by atoms with Gasteiger partial charge in [-0.2, -0.15) is 10.2 Å². The molecule has 0 radical (unpaired) electrons. The number of benzene rings is 1. The van der Waals surface area contributed by atoms with E-state index >= 15 is 0 Å². The zero-order valence-electron chi connectivity index (χ0n) is 23.1. The zero-order chi connectivity index (χ0) is 28.1. The fourth-order valence-corrected chi connectivity index (χ4v) is 4.43. The first-order valence-corrected chi connectivity index (χ1v) is 12.9. The van der Waals surface area contributed by atoms with Crippen LogP contribution in [0.2, 0.25) is 0 Å². The summed E-state index contributed by atoms with van der Waals surface area (Å²) in [5.74, 6) is 1.42. The summed E-state index contributed by atoms with van der Waals surface area (Å²) in [6.45, 7) is 11.6. The SMILES string of the molecule is Cc1nn(-c2cc(N(C(=O)OC(C)(C)C)c3c(C)c(-c4ccc(F)cc4)nn3CC3CC3)ncn2)c(C)c1N. The molecule has 1 aliphatic rings. The van der Waals surface area contributed by atoms with Gasteiger partial charge in [0.1, 0.15) is 29.4 Å². The number of hydrogen-bond donors (Lipinski definition) is 1. The smallest absolute Gasteiger partial charge is 0.421 e. The van der Waals surface area contributed by atoms with Gasteiger partial charge >= 0.3 is 6.09 Å². The number of aryl methyl sites for hydroxylation is 1. The predicted octanol–water partition coefficient (Wildman–Crippen LogP) is 5.66. The van der Waals surface area contributed by atoms with Gasteiger partial charge < -0.3 is 10.5 Å². The van der Waals surface area contributed by atoms with Gasteiger partial charge in [0.05, 0.1) is 22.8 Å². The molecule has 3 aromatic heterocycles. The van der Waals surface area contributed by atoms with Crippen molar-refractivity contribution in [1.29, 1.82) is 0 Å². The van der Waals surface area contributed by atoms with Gasteiger partial charge in [0.15, 0.2) is 5.82 Å². The highest BCUT2D eigenvalue weighted by molar-refractivity contribution is 5.96. The van der Waals surface area contributed by atoms with Crippen LogP contribution < -0.4 is 10.6 Å². The minimum absolute atomic E-state index is 0.297. The summed E-state index contributed by atoms with van der Waals surface area (Å²) in [4.78, 5) is 24.1. The van der Waals surface area contributed by atoms with Crippen molar-refractivity contribution < 1.29 is 13.9 Å². The normalized spacial score (nSPS) is 13.5. The highest BCUT2D eigenvalue weighted by Gasteiger charge is 2.34. The first-order chi connectivity index (χ1) is 18.4. The number of anilines is 3. The van der Waals surface area contributed by atoms with Crippen molar-refractivity contribution in [1.82, 2.24) is 29.5 Å². The van der Waals surface area contributed by atoms with E-state index in [0.717, 1.165) is 29.7 Å². The van der Waals surface area contributed by atoms with Crippen molar-refractivity contribution in [3.8, 4) is 17.1 Å². The molecule has 39 heavy (non-hydrogen) atoms. The first-order valence-electron chi connectivity index (χ1n) is 12.9. The number of nitrogen functional groups attached to an aromatic ring is 1. The molecule has 4 aromatic rings. The van der Waals surface area contributed by atoms with E-state index in [4.69, 9.17) is 15.6 Å². The third-order valence-corrected chi connectivity index (χ3v) is 6.62. The molecule has 0 atom stereocenters. The molecule has 1 fully saturated rings. The summed E-state index contributed by atoms with van der Waals surface area (Å²) in [7, 11) is 0. The number of ether oxygens (including phenoxy) is 1. The molecule has 11 heteroatoms. The summed E-state index contributed by atoms with van der Waals surface area (Å²) in [6.07, 6.45) is 2.96. The van der Waals surface area contributed by atoms with E-state index in [9.17, 15) is 9.18 Å². The Hall–Kier alpha value is -4.28. The number of carbonyl (C=O) groups excluding carboxylic acids is 1. The van der Waals surface area contributed by atoms with Crippen molar-refractivity contribution in [2.75, 3.05) is 10.6 Å². The Morgan fingerprint density at radius 2 is 1.82 bits per heavy atom. The van der Waals surface area contributed by atoms with Crippen LogP contribution in [0.1, 0.15) is 50.6 Å². The Balaban J connectivity index is 1.69. The van der Waals surface area contributed by atoms with Crippen LogP contribution in [0.3, 0.4) is 0 Å². The standard InChI is InChI=1S/C28H33FN8O2/c1-16-25(20-9-11-21(29)12-10-20)34-35(14-19-7-8-19)26(16)36(27(38)39-28(4,5)6)22-13-23(32-15-31-22)37-18(3)24(30)17(2)33-37/h9-13,15,19H,7-8,14,30H2,1-6H3. The predicted molar refractivity (Wildman–Crippen MR) is 146 cm³/mol. The van der Waals surface area contributed by atoms with Crippen LogP contribution in [0.25, 0.3) is 17.1 Å². The maximum Gasteiger partial charge on any atom is 0.421 e. The van der Waals surface area contributed by atoms with Gasteiger partial charge in [-0.3, -0.25) is 0 Å². The minimum Gasteiger partial charge on any atom is -0.443 e. The van der Waals surface area contributed by atoms with E-state index in [0.29, 0.717) is 47.0 Å². The van der Waals surface area contributed by atoms with E-state index in [1.165, 1.54) is 23.4 Å². The first kappa shape index (κ1) is 26.3. The Morgan fingerprint density at radius 1 is 1.13 bits per heavy atom. The molecule has 1 amide bonds. The summed E-state index contributed by atoms with van der Waals surface area (Å²) < 4.78 is 23.0. The number of halogens is 1. The van der Waals surface area contributed by atoms with E-state index < -0.39 is 11.7 Å². The Bertz CT molecular complexity index is 1530. The number of aromatic nitrogens is 6. The molecule has 0 unspecified atom stereocenters. The molecule has 3 heterocycles. The highest BCUT2D eigenvalue weighted by Crippen LogP contribution is 2.39. The van der Waals surface area contributed by atoms with Gasteiger partial charge in [-0.1, -0.05) is 0 Å². The minimum atomic E-state index is -0.760. The molecule has 1 saturated carbocycles. The van der Waals surface area contributed by atoms with Crippen LogP contribution in [0.5, 0.6) is 0 Å². The van der Waals surface area contributed by atoms with Gasteiger partial charge in [0.25, 0.3) is 0 Å². The number of nitrogens with zero attached hydrogens (tertiary/aromatic N) is 7. The molecule has 2 N–H and O–H groups in total. The molecular formula is C28H33FN8O2. The molecule has 0 saturated heterocycles. The van der Waals surface area contributed by atoms with Gasteiger partial charge in [-0.15, -0.1) is 0 Å². The lowest BCUT2D eigenvalue weighted by molar-refractivity contribution is 0.0595. The van der Waals surface area contributed by atoms with E-state index in [2.05, 4.69) is 15.1 Å². The van der Waals surface area contributed by atoms with E-state index in [1.807, 2.05) is 46.2 Å². The third-order valence-electron chi connectivity index (χ3n) is 6.62. The van der Waals surface area contributed by atoms with Gasteiger partial charge in [-0.05, 0) is 84.6 Å². The van der Waals surface area contributed by atoms with Crippen LogP contribution in [-0.2, 0) is 11.3 Å². The maximum absolute atomic E-state index is 13.8. The Kier molecular flexibility index (Phi) is 6.61. The largest absolute Gasteiger partial charge is 0.443 e. The third kappa shape index (κ3) is 5.34. The number of rotatable bonds is 6. The molecule has 10 nitrogen and oxygen atoms in total. The van der Waals surface area contributed by atoms with Gasteiger partial charge in [-0.25, -0.2) is 33.4 Å². The van der Waals surface area contributed by atoms with Crippen molar-refractivity contribution in [2.45, 2.75) is 66.5 Å². The van der Waals surface area contributed by atoms with Crippen LogP contribution in [0.4, 0.5) is 26.5 Å². The van der Waals surface area contributed by atoms with Gasteiger partial charge in [0.2, 0.25) is 0 Å². The Morgan fingerprint density at radius 3 is 2.41 bits per heavy atom. The van der Waals surface area contributed by atoms with Crippen LogP contribution in [-0.4, -0.2) is 41.2 Å². The maximum atomic E-state index is 13.8. The van der Waals surface area contributed by atoms with Crippen molar-refractivity contribution >= 4 is 23.4 Å². The quantitative estimate of drug-likeness (QED) is 0.341. The zero-order valence-corrected chi connectivity index (χ0v) is 23.1. The summed E-state index contributed by atoms with van der Waals surface area (Å²) in [5, 5.41) is 9.40. The summed E-state index contributed by atoms with van der Waals surface area (Å²) in [6, 6.07) is 7.84. The number of nitrogens with two attached hydrogens (primary N) is 1. The van der Waals surface area contributed by atoms with Crippen LogP contribution in [0.15, 0.2) is 36.7 Å². The Labute approximate surface area is 226 Å². The molecule has 0 spiro atoms. The number of amides is 1. The van der Waals surface area contributed by atoms with Crippen molar-refractivity contribution in [3.05, 3.63) is 59.4 Å². The molecule has 1 aromatic carbocycles. The van der Waals surface area contributed by atoms with E-state index in [-0.39, 0.29) is 5.82 Å².